The smallest absolute Gasteiger partial charge is 0.250 e. The molecule has 1 atom stereocenters. The molecule has 0 aliphatic rings. The van der Waals surface area contributed by atoms with Crippen molar-refractivity contribution in [3.8, 4) is 0 Å². The Balaban J connectivity index is 2.10. The highest BCUT2D eigenvalue weighted by molar-refractivity contribution is 7.85. The first kappa shape index (κ1) is 13.5. The van der Waals surface area contributed by atoms with Gasteiger partial charge in [-0.15, -0.1) is 0 Å². The summed E-state index contributed by atoms with van der Waals surface area (Å²) in [5.74, 6) is -0.211. The molecule has 1 heterocycles. The molecule has 1 aromatic heterocycles. The normalized spacial score (nSPS) is 12.3. The van der Waals surface area contributed by atoms with Gasteiger partial charge in [0.1, 0.15) is 5.82 Å². The van der Waals surface area contributed by atoms with Crippen molar-refractivity contribution in [1.29, 1.82) is 0 Å². The minimum absolute atomic E-state index is 0.147. The maximum atomic E-state index is 12.9. The SMILES string of the molecule is Nc1cc(F)ccc1S(=O)CCn1ccccc1=O. The fraction of sp³-hybridized carbons (Fsp3) is 0.154. The second-order valence-corrected chi connectivity index (χ2v) is 5.50. The summed E-state index contributed by atoms with van der Waals surface area (Å²) in [4.78, 5) is 11.9. The maximum Gasteiger partial charge on any atom is 0.250 e. The van der Waals surface area contributed by atoms with Gasteiger partial charge >= 0.3 is 0 Å². The Bertz CT molecular complexity index is 670. The number of hydrogen-bond donors (Lipinski definition) is 1. The van der Waals surface area contributed by atoms with Crippen molar-refractivity contribution in [2.75, 3.05) is 11.5 Å². The Morgan fingerprint density at radius 1 is 1.26 bits per heavy atom. The lowest BCUT2D eigenvalue weighted by molar-refractivity contribution is 0.627. The minimum atomic E-state index is -1.36. The van der Waals surface area contributed by atoms with Crippen LogP contribution in [0.15, 0.2) is 52.3 Å². The molecule has 0 saturated heterocycles. The lowest BCUT2D eigenvalue weighted by Gasteiger charge is -2.07. The third-order valence-electron chi connectivity index (χ3n) is 2.63. The monoisotopic (exact) mass is 280 g/mol. The van der Waals surface area contributed by atoms with Crippen molar-refractivity contribution in [2.45, 2.75) is 11.4 Å². The van der Waals surface area contributed by atoms with Crippen LogP contribution < -0.4 is 11.3 Å². The highest BCUT2D eigenvalue weighted by atomic mass is 32.2. The molecular formula is C13H13FN2O2S. The Kier molecular flexibility index (Phi) is 4.11. The standard InChI is InChI=1S/C13H13FN2O2S/c14-10-4-5-12(11(15)9-10)19(18)8-7-16-6-2-1-3-13(16)17/h1-6,9H,7-8,15H2. The fourth-order valence-electron chi connectivity index (χ4n) is 1.66. The molecule has 2 rings (SSSR count). The summed E-state index contributed by atoms with van der Waals surface area (Å²) in [6.45, 7) is 0.323. The van der Waals surface area contributed by atoms with Crippen LogP contribution in [0.4, 0.5) is 10.1 Å². The first-order chi connectivity index (χ1) is 9.08. The van der Waals surface area contributed by atoms with E-state index in [4.69, 9.17) is 5.73 Å². The van der Waals surface area contributed by atoms with E-state index in [1.54, 1.807) is 18.3 Å². The molecule has 0 bridgehead atoms. The van der Waals surface area contributed by atoms with Crippen molar-refractivity contribution in [3.63, 3.8) is 0 Å². The average molecular weight is 280 g/mol. The van der Waals surface area contributed by atoms with E-state index in [2.05, 4.69) is 0 Å². The molecule has 0 saturated carbocycles. The minimum Gasteiger partial charge on any atom is -0.398 e. The molecule has 6 heteroatoms. The molecule has 19 heavy (non-hydrogen) atoms. The Labute approximate surface area is 112 Å². The second-order valence-electron chi connectivity index (χ2n) is 3.96. The zero-order chi connectivity index (χ0) is 13.8. The third kappa shape index (κ3) is 3.29. The average Bonchev–Trinajstić information content (AvgIpc) is 2.37. The summed E-state index contributed by atoms with van der Waals surface area (Å²) in [5.41, 5.74) is 5.64. The van der Waals surface area contributed by atoms with Crippen LogP contribution >= 0.6 is 0 Å². The van der Waals surface area contributed by atoms with Crippen LogP contribution in [0.5, 0.6) is 0 Å². The van der Waals surface area contributed by atoms with E-state index in [9.17, 15) is 13.4 Å². The van der Waals surface area contributed by atoms with Gasteiger partial charge in [0.25, 0.3) is 5.56 Å². The van der Waals surface area contributed by atoms with Crippen LogP contribution in [-0.4, -0.2) is 14.5 Å². The predicted molar refractivity (Wildman–Crippen MR) is 72.8 cm³/mol. The molecule has 100 valence electrons. The lowest BCUT2D eigenvalue weighted by atomic mass is 10.3. The van der Waals surface area contributed by atoms with Crippen LogP contribution in [0.1, 0.15) is 0 Å². The van der Waals surface area contributed by atoms with Crippen LogP contribution in [0.2, 0.25) is 0 Å². The highest BCUT2D eigenvalue weighted by Crippen LogP contribution is 2.17. The topological polar surface area (TPSA) is 65.1 Å². The van der Waals surface area contributed by atoms with Crippen molar-refractivity contribution in [3.05, 3.63) is 58.8 Å². The summed E-state index contributed by atoms with van der Waals surface area (Å²) in [6, 6.07) is 8.59. The molecule has 2 N–H and O–H groups in total. The van der Waals surface area contributed by atoms with E-state index < -0.39 is 16.6 Å². The zero-order valence-corrected chi connectivity index (χ0v) is 10.9. The molecular weight excluding hydrogens is 267 g/mol. The molecule has 1 unspecified atom stereocenters. The van der Waals surface area contributed by atoms with Gasteiger partial charge in [0.2, 0.25) is 0 Å². The largest absolute Gasteiger partial charge is 0.398 e. The third-order valence-corrected chi connectivity index (χ3v) is 4.05. The maximum absolute atomic E-state index is 12.9. The van der Waals surface area contributed by atoms with E-state index in [0.717, 1.165) is 6.07 Å². The van der Waals surface area contributed by atoms with Gasteiger partial charge in [-0.3, -0.25) is 9.00 Å². The van der Waals surface area contributed by atoms with E-state index in [-0.39, 0.29) is 17.0 Å². The second kappa shape index (κ2) is 5.79. The Morgan fingerprint density at radius 2 is 2.05 bits per heavy atom. The number of anilines is 1. The summed E-state index contributed by atoms with van der Waals surface area (Å²) in [5, 5.41) is 0. The van der Waals surface area contributed by atoms with Crippen LogP contribution in [0.3, 0.4) is 0 Å². The summed E-state index contributed by atoms with van der Waals surface area (Å²) < 4.78 is 26.4. The molecule has 0 fully saturated rings. The van der Waals surface area contributed by atoms with Crippen molar-refractivity contribution in [1.82, 2.24) is 4.57 Å². The molecule has 2 aromatic rings. The number of benzene rings is 1. The van der Waals surface area contributed by atoms with E-state index in [1.807, 2.05) is 0 Å². The van der Waals surface area contributed by atoms with Gasteiger partial charge < -0.3 is 10.3 Å². The van der Waals surface area contributed by atoms with E-state index >= 15 is 0 Å². The predicted octanol–water partition coefficient (Wildman–Crippen LogP) is 1.38. The number of hydrogen-bond acceptors (Lipinski definition) is 3. The summed E-state index contributed by atoms with van der Waals surface area (Å²) >= 11 is 0. The van der Waals surface area contributed by atoms with Crippen molar-refractivity contribution < 1.29 is 8.60 Å². The molecule has 0 aliphatic heterocycles. The molecule has 4 nitrogen and oxygen atoms in total. The molecule has 0 spiro atoms. The highest BCUT2D eigenvalue weighted by Gasteiger charge is 2.09. The van der Waals surface area contributed by atoms with Gasteiger partial charge in [-0.2, -0.15) is 0 Å². The fourth-order valence-corrected chi connectivity index (χ4v) is 2.79. The molecule has 0 aliphatic carbocycles. The van der Waals surface area contributed by atoms with Crippen molar-refractivity contribution >= 4 is 16.5 Å². The number of nitrogens with zero attached hydrogens (tertiary/aromatic N) is 1. The molecule has 0 amide bonds. The Morgan fingerprint density at radius 3 is 2.74 bits per heavy atom. The first-order valence-corrected chi connectivity index (χ1v) is 6.98. The van der Waals surface area contributed by atoms with E-state index in [1.165, 1.54) is 22.8 Å². The van der Waals surface area contributed by atoms with Gasteiger partial charge in [0.15, 0.2) is 0 Å². The Hall–Kier alpha value is -1.95. The van der Waals surface area contributed by atoms with E-state index in [0.29, 0.717) is 11.4 Å². The number of nitrogens with two attached hydrogens (primary N) is 1. The number of halogens is 1. The first-order valence-electron chi connectivity index (χ1n) is 5.67. The lowest BCUT2D eigenvalue weighted by Crippen LogP contribution is -2.21. The van der Waals surface area contributed by atoms with Crippen LogP contribution in [0, 0.1) is 5.82 Å². The van der Waals surface area contributed by atoms with Gasteiger partial charge in [0, 0.05) is 24.6 Å². The van der Waals surface area contributed by atoms with Gasteiger partial charge in [-0.25, -0.2) is 4.39 Å². The number of rotatable bonds is 4. The van der Waals surface area contributed by atoms with Crippen LogP contribution in [0.25, 0.3) is 0 Å². The van der Waals surface area contributed by atoms with Gasteiger partial charge in [-0.1, -0.05) is 6.07 Å². The summed E-state index contributed by atoms with van der Waals surface area (Å²) in [6.07, 6.45) is 1.63. The van der Waals surface area contributed by atoms with Crippen molar-refractivity contribution in [2.24, 2.45) is 0 Å². The molecule has 0 radical (unpaired) electrons. The number of nitrogen functional groups attached to an aromatic ring is 1. The summed E-state index contributed by atoms with van der Waals surface area (Å²) in [7, 11) is -1.36. The number of aryl methyl sites for hydroxylation is 1. The number of pyridine rings is 1. The van der Waals surface area contributed by atoms with Gasteiger partial charge in [-0.05, 0) is 24.3 Å². The number of aromatic nitrogens is 1. The zero-order valence-electron chi connectivity index (χ0n) is 10.1. The van der Waals surface area contributed by atoms with Gasteiger partial charge in [0.05, 0.1) is 21.4 Å². The quantitative estimate of drug-likeness (QED) is 0.860. The molecule has 1 aromatic carbocycles. The van der Waals surface area contributed by atoms with Crippen LogP contribution in [-0.2, 0) is 17.3 Å².